The highest BCUT2D eigenvalue weighted by molar-refractivity contribution is 7.85. The monoisotopic (exact) mass is 167 g/mol. The van der Waals surface area contributed by atoms with E-state index < -0.39 is 10.1 Å². The summed E-state index contributed by atoms with van der Waals surface area (Å²) in [6.45, 7) is 4.04. The molecule has 0 fully saturated rings. The van der Waals surface area contributed by atoms with Crippen LogP contribution in [-0.2, 0) is 19.0 Å². The lowest BCUT2D eigenvalue weighted by molar-refractivity contribution is 0.123. The average Bonchev–Trinajstić information content (AvgIpc) is 1.78. The highest BCUT2D eigenvalue weighted by atomic mass is 32.2. The van der Waals surface area contributed by atoms with Gasteiger partial charge in [0.05, 0.1) is 19.5 Å². The molecule has 0 spiro atoms. The minimum atomic E-state index is -3.30. The van der Waals surface area contributed by atoms with Crippen LogP contribution < -0.4 is 0 Å². The zero-order valence-corrected chi connectivity index (χ0v) is 6.69. The summed E-state index contributed by atoms with van der Waals surface area (Å²) in [4.78, 5) is 0. The smallest absolute Gasteiger partial charge is 0.264 e. The van der Waals surface area contributed by atoms with Crippen molar-refractivity contribution in [2.75, 3.05) is 26.1 Å². The summed E-state index contributed by atoms with van der Waals surface area (Å²) in [5.41, 5.74) is 0. The molecule has 0 atom stereocenters. The van der Waals surface area contributed by atoms with Gasteiger partial charge in [0.1, 0.15) is 0 Å². The van der Waals surface area contributed by atoms with E-state index in [4.69, 9.17) is 4.74 Å². The molecule has 5 heteroatoms. The standard InChI is InChI=1S/C5H11O4S/c1-3-8-4-5-9-10(2,6)7/h1,3-5H2,2H3. The van der Waals surface area contributed by atoms with Crippen LogP contribution in [0.2, 0.25) is 0 Å². The topological polar surface area (TPSA) is 52.6 Å². The van der Waals surface area contributed by atoms with Gasteiger partial charge < -0.3 is 4.74 Å². The second-order valence-electron chi connectivity index (χ2n) is 1.64. The van der Waals surface area contributed by atoms with Gasteiger partial charge in [0.25, 0.3) is 10.1 Å². The fourth-order valence-electron chi connectivity index (χ4n) is 0.346. The van der Waals surface area contributed by atoms with Crippen molar-refractivity contribution in [2.45, 2.75) is 0 Å². The molecular formula is C5H11O4S. The predicted octanol–water partition coefficient (Wildman–Crippen LogP) is -0.187. The quantitative estimate of drug-likeness (QED) is 0.421. The third-order valence-corrected chi connectivity index (χ3v) is 1.26. The zero-order chi connectivity index (χ0) is 8.04. The van der Waals surface area contributed by atoms with Crippen LogP contribution in [0.15, 0.2) is 0 Å². The van der Waals surface area contributed by atoms with Crippen LogP contribution in [0.1, 0.15) is 0 Å². The first-order chi connectivity index (χ1) is 4.56. The molecule has 0 aromatic heterocycles. The molecule has 0 aromatic rings. The molecule has 0 aliphatic rings. The molecule has 0 heterocycles. The molecule has 0 aromatic carbocycles. The first-order valence-corrected chi connectivity index (χ1v) is 4.59. The lowest BCUT2D eigenvalue weighted by atomic mass is 10.8. The van der Waals surface area contributed by atoms with Gasteiger partial charge >= 0.3 is 0 Å². The van der Waals surface area contributed by atoms with Crippen molar-refractivity contribution in [1.82, 2.24) is 0 Å². The van der Waals surface area contributed by atoms with Crippen LogP contribution in [-0.4, -0.2) is 34.5 Å². The van der Waals surface area contributed by atoms with E-state index in [1.54, 1.807) is 0 Å². The normalized spacial score (nSPS) is 11.8. The van der Waals surface area contributed by atoms with Crippen molar-refractivity contribution in [1.29, 1.82) is 0 Å². The molecule has 0 N–H and O–H groups in total. The Kier molecular flexibility index (Phi) is 4.59. The van der Waals surface area contributed by atoms with E-state index >= 15 is 0 Å². The Morgan fingerprint density at radius 3 is 2.40 bits per heavy atom. The fraction of sp³-hybridized carbons (Fsp3) is 0.800. The maximum atomic E-state index is 10.3. The molecule has 4 nitrogen and oxygen atoms in total. The number of hydrogen-bond donors (Lipinski definition) is 0. The van der Waals surface area contributed by atoms with E-state index in [0.717, 1.165) is 6.26 Å². The first kappa shape index (κ1) is 9.87. The van der Waals surface area contributed by atoms with Gasteiger partial charge in [0.2, 0.25) is 0 Å². The van der Waals surface area contributed by atoms with Crippen molar-refractivity contribution >= 4 is 10.1 Å². The molecule has 0 aliphatic heterocycles. The van der Waals surface area contributed by atoms with E-state index in [1.807, 2.05) is 0 Å². The molecule has 0 unspecified atom stereocenters. The van der Waals surface area contributed by atoms with Crippen molar-refractivity contribution < 1.29 is 17.3 Å². The van der Waals surface area contributed by atoms with Crippen LogP contribution in [0.25, 0.3) is 0 Å². The Hall–Kier alpha value is -0.130. The van der Waals surface area contributed by atoms with Gasteiger partial charge in [-0.15, -0.1) is 0 Å². The lowest BCUT2D eigenvalue weighted by Crippen LogP contribution is -2.09. The number of rotatable bonds is 5. The third-order valence-electron chi connectivity index (χ3n) is 0.669. The van der Waals surface area contributed by atoms with E-state index in [9.17, 15) is 8.42 Å². The lowest BCUT2D eigenvalue weighted by Gasteiger charge is -1.99. The van der Waals surface area contributed by atoms with Crippen molar-refractivity contribution in [3.05, 3.63) is 6.92 Å². The van der Waals surface area contributed by atoms with Gasteiger partial charge in [-0.1, -0.05) is 0 Å². The van der Waals surface area contributed by atoms with E-state index in [1.165, 1.54) is 0 Å². The molecule has 61 valence electrons. The molecule has 0 bridgehead atoms. The molecule has 1 radical (unpaired) electrons. The summed E-state index contributed by atoms with van der Waals surface area (Å²) < 4.78 is 29.7. The molecule has 0 saturated carbocycles. The summed E-state index contributed by atoms with van der Waals surface area (Å²) in [6, 6.07) is 0. The van der Waals surface area contributed by atoms with E-state index in [2.05, 4.69) is 11.1 Å². The maximum Gasteiger partial charge on any atom is 0.264 e. The highest BCUT2D eigenvalue weighted by Gasteiger charge is 1.98. The van der Waals surface area contributed by atoms with Crippen LogP contribution in [0, 0.1) is 6.92 Å². The van der Waals surface area contributed by atoms with Gasteiger partial charge in [0.15, 0.2) is 0 Å². The first-order valence-electron chi connectivity index (χ1n) is 2.77. The van der Waals surface area contributed by atoms with Crippen LogP contribution >= 0.6 is 0 Å². The van der Waals surface area contributed by atoms with Crippen LogP contribution in [0.4, 0.5) is 0 Å². The van der Waals surface area contributed by atoms with Crippen molar-refractivity contribution in [3.8, 4) is 0 Å². The second kappa shape index (κ2) is 4.65. The summed E-state index contributed by atoms with van der Waals surface area (Å²) >= 11 is 0. The Bertz CT molecular complexity index is 160. The average molecular weight is 167 g/mol. The summed E-state index contributed by atoms with van der Waals surface area (Å²) in [6.07, 6.45) is 0.997. The van der Waals surface area contributed by atoms with E-state index in [-0.39, 0.29) is 13.2 Å². The Balaban J connectivity index is 3.21. The molecule has 0 saturated heterocycles. The number of hydrogen-bond acceptors (Lipinski definition) is 4. The zero-order valence-electron chi connectivity index (χ0n) is 5.87. The SMILES string of the molecule is [CH2]COCCOS(C)(=O)=O. The molecule has 10 heavy (non-hydrogen) atoms. The Morgan fingerprint density at radius 1 is 1.40 bits per heavy atom. The van der Waals surface area contributed by atoms with Crippen molar-refractivity contribution in [2.24, 2.45) is 0 Å². The van der Waals surface area contributed by atoms with Crippen molar-refractivity contribution in [3.63, 3.8) is 0 Å². The minimum absolute atomic E-state index is 0.0638. The number of ether oxygens (including phenoxy) is 1. The van der Waals surface area contributed by atoms with Gasteiger partial charge in [-0.25, -0.2) is 0 Å². The largest absolute Gasteiger partial charge is 0.379 e. The molecule has 0 amide bonds. The molecular weight excluding hydrogens is 156 g/mol. The van der Waals surface area contributed by atoms with Gasteiger partial charge in [-0.2, -0.15) is 8.42 Å². The minimum Gasteiger partial charge on any atom is -0.379 e. The third kappa shape index (κ3) is 7.87. The predicted molar refractivity (Wildman–Crippen MR) is 37.0 cm³/mol. The van der Waals surface area contributed by atoms with E-state index in [0.29, 0.717) is 6.61 Å². The maximum absolute atomic E-state index is 10.3. The van der Waals surface area contributed by atoms with Crippen LogP contribution in [0.5, 0.6) is 0 Å². The Labute approximate surface area is 61.3 Å². The fourth-order valence-corrected chi connectivity index (χ4v) is 0.717. The van der Waals surface area contributed by atoms with Gasteiger partial charge in [0, 0.05) is 6.61 Å². The van der Waals surface area contributed by atoms with Crippen LogP contribution in [0.3, 0.4) is 0 Å². The summed E-state index contributed by atoms with van der Waals surface area (Å²) in [5.74, 6) is 0. The summed E-state index contributed by atoms with van der Waals surface area (Å²) in [5, 5.41) is 0. The molecule has 0 rings (SSSR count). The highest BCUT2D eigenvalue weighted by Crippen LogP contribution is 1.85. The summed E-state index contributed by atoms with van der Waals surface area (Å²) in [7, 11) is -3.30. The molecule has 0 aliphatic carbocycles. The Morgan fingerprint density at radius 2 is 2.00 bits per heavy atom. The van der Waals surface area contributed by atoms with Gasteiger partial charge in [-0.3, -0.25) is 4.18 Å². The van der Waals surface area contributed by atoms with Gasteiger partial charge in [-0.05, 0) is 6.92 Å². The second-order valence-corrected chi connectivity index (χ2v) is 3.28.